The summed E-state index contributed by atoms with van der Waals surface area (Å²) in [5, 5.41) is 12.5. The summed E-state index contributed by atoms with van der Waals surface area (Å²) in [4.78, 5) is 14.8. The van der Waals surface area contributed by atoms with E-state index in [1.807, 2.05) is 71.6 Å². The molecule has 1 aromatic heterocycles. The molecule has 0 fully saturated rings. The van der Waals surface area contributed by atoms with Crippen LogP contribution in [-0.4, -0.2) is 48.3 Å². The third-order valence-electron chi connectivity index (χ3n) is 4.09. The van der Waals surface area contributed by atoms with Gasteiger partial charge in [-0.05, 0) is 70.0 Å². The van der Waals surface area contributed by atoms with Crippen molar-refractivity contribution < 1.29 is 4.79 Å². The second-order valence-electron chi connectivity index (χ2n) is 6.81. The monoisotopic (exact) mass is 361 g/mol. The van der Waals surface area contributed by atoms with E-state index in [0.717, 1.165) is 16.8 Å². The van der Waals surface area contributed by atoms with Crippen molar-refractivity contribution in [1.29, 1.82) is 0 Å². The van der Waals surface area contributed by atoms with Gasteiger partial charge in [-0.1, -0.05) is 30.0 Å². The second-order valence-corrected chi connectivity index (χ2v) is 8.11. The van der Waals surface area contributed by atoms with Gasteiger partial charge in [0.2, 0.25) is 11.1 Å². The van der Waals surface area contributed by atoms with Crippen LogP contribution in [0.4, 0.5) is 0 Å². The molecule has 7 heteroatoms. The molecule has 0 unspecified atom stereocenters. The molecule has 0 aliphatic heterocycles. The number of benzene rings is 1. The molecule has 0 aliphatic carbocycles. The molecule has 1 atom stereocenters. The summed E-state index contributed by atoms with van der Waals surface area (Å²) in [5.74, 6) is 0.103. The van der Waals surface area contributed by atoms with E-state index in [0.29, 0.717) is 5.16 Å². The molecule has 2 aromatic rings. The van der Waals surface area contributed by atoms with Crippen molar-refractivity contribution in [1.82, 2.24) is 25.1 Å². The van der Waals surface area contributed by atoms with Gasteiger partial charge in [-0.2, -0.15) is 4.68 Å². The SMILES string of the molecule is Cc1cccc(C)c1-n1nnnc1S[C@H](C)C(=O)N(C(C)C)C(C)C. The van der Waals surface area contributed by atoms with E-state index in [9.17, 15) is 4.79 Å². The van der Waals surface area contributed by atoms with Crippen molar-refractivity contribution >= 4 is 17.7 Å². The molecule has 0 saturated heterocycles. The number of tetrazole rings is 1. The van der Waals surface area contributed by atoms with Gasteiger partial charge in [0.05, 0.1) is 10.9 Å². The van der Waals surface area contributed by atoms with Crippen LogP contribution in [0, 0.1) is 13.8 Å². The summed E-state index contributed by atoms with van der Waals surface area (Å²) >= 11 is 1.40. The van der Waals surface area contributed by atoms with Gasteiger partial charge >= 0.3 is 0 Å². The van der Waals surface area contributed by atoms with Gasteiger partial charge in [0.1, 0.15) is 0 Å². The van der Waals surface area contributed by atoms with E-state index in [-0.39, 0.29) is 23.2 Å². The Balaban J connectivity index is 2.28. The minimum Gasteiger partial charge on any atom is -0.337 e. The minimum absolute atomic E-state index is 0.103. The van der Waals surface area contributed by atoms with Crippen LogP contribution in [0.15, 0.2) is 23.4 Å². The molecule has 0 bridgehead atoms. The number of aryl methyl sites for hydroxylation is 2. The largest absolute Gasteiger partial charge is 0.337 e. The van der Waals surface area contributed by atoms with Gasteiger partial charge < -0.3 is 4.90 Å². The van der Waals surface area contributed by atoms with Crippen LogP contribution in [0.3, 0.4) is 0 Å². The summed E-state index contributed by atoms with van der Waals surface area (Å²) in [5.41, 5.74) is 3.16. The number of rotatable bonds is 6. The lowest BCUT2D eigenvalue weighted by Gasteiger charge is -2.32. The topological polar surface area (TPSA) is 63.9 Å². The predicted octanol–water partition coefficient (Wildman–Crippen LogP) is 3.41. The maximum Gasteiger partial charge on any atom is 0.236 e. The van der Waals surface area contributed by atoms with Gasteiger partial charge in [0.25, 0.3) is 0 Å². The van der Waals surface area contributed by atoms with Crippen molar-refractivity contribution in [2.45, 2.75) is 71.0 Å². The fraction of sp³-hybridized carbons (Fsp3) is 0.556. The van der Waals surface area contributed by atoms with Crippen LogP contribution < -0.4 is 0 Å². The van der Waals surface area contributed by atoms with Crippen molar-refractivity contribution in [2.24, 2.45) is 0 Å². The quantitative estimate of drug-likeness (QED) is 0.738. The molecule has 25 heavy (non-hydrogen) atoms. The van der Waals surface area contributed by atoms with Crippen LogP contribution >= 0.6 is 11.8 Å². The number of aromatic nitrogens is 4. The summed E-state index contributed by atoms with van der Waals surface area (Å²) in [6, 6.07) is 6.40. The first-order chi connectivity index (χ1) is 11.7. The minimum atomic E-state index is -0.265. The van der Waals surface area contributed by atoms with Crippen molar-refractivity contribution in [2.75, 3.05) is 0 Å². The highest BCUT2D eigenvalue weighted by molar-refractivity contribution is 8.00. The number of para-hydroxylation sites is 1. The molecule has 0 aliphatic rings. The average Bonchev–Trinajstić information content (AvgIpc) is 2.94. The molecule has 0 spiro atoms. The Hall–Kier alpha value is -1.89. The average molecular weight is 362 g/mol. The number of carbonyl (C=O) groups is 1. The maximum absolute atomic E-state index is 12.9. The fourth-order valence-corrected chi connectivity index (χ4v) is 3.91. The molecule has 2 rings (SSSR count). The Morgan fingerprint density at radius 1 is 1.08 bits per heavy atom. The third kappa shape index (κ3) is 4.21. The Bertz CT molecular complexity index is 713. The molecule has 1 heterocycles. The van der Waals surface area contributed by atoms with Gasteiger partial charge in [0.15, 0.2) is 0 Å². The van der Waals surface area contributed by atoms with Crippen molar-refractivity contribution in [3.05, 3.63) is 29.3 Å². The molecule has 0 saturated carbocycles. The number of carbonyl (C=O) groups excluding carboxylic acids is 1. The zero-order valence-corrected chi connectivity index (χ0v) is 16.8. The predicted molar refractivity (Wildman–Crippen MR) is 101 cm³/mol. The fourth-order valence-electron chi connectivity index (χ4n) is 3.06. The standard InChI is InChI=1S/C18H27N5OS/c1-11(2)22(12(3)4)17(24)15(7)25-18-19-20-21-23(18)16-13(5)9-8-10-14(16)6/h8-12,15H,1-7H3/t15-/m1/s1. The zero-order chi connectivity index (χ0) is 18.7. The van der Waals surface area contributed by atoms with E-state index in [4.69, 9.17) is 0 Å². The van der Waals surface area contributed by atoms with Gasteiger partial charge in [-0.3, -0.25) is 4.79 Å². The summed E-state index contributed by atoms with van der Waals surface area (Å²) < 4.78 is 1.73. The summed E-state index contributed by atoms with van der Waals surface area (Å²) in [7, 11) is 0. The smallest absolute Gasteiger partial charge is 0.236 e. The molecular formula is C18H27N5OS. The Labute approximate surface area is 154 Å². The Kier molecular flexibility index (Phi) is 6.21. The van der Waals surface area contributed by atoms with E-state index in [1.54, 1.807) is 4.68 Å². The first-order valence-corrected chi connectivity index (χ1v) is 9.45. The number of amides is 1. The maximum atomic E-state index is 12.9. The highest BCUT2D eigenvalue weighted by atomic mass is 32.2. The van der Waals surface area contributed by atoms with Crippen LogP contribution in [-0.2, 0) is 4.79 Å². The van der Waals surface area contributed by atoms with E-state index < -0.39 is 0 Å². The molecule has 0 N–H and O–H groups in total. The first-order valence-electron chi connectivity index (χ1n) is 8.57. The van der Waals surface area contributed by atoms with Gasteiger partial charge in [-0.15, -0.1) is 5.10 Å². The zero-order valence-electron chi connectivity index (χ0n) is 16.0. The molecule has 1 amide bonds. The lowest BCUT2D eigenvalue weighted by molar-refractivity contribution is -0.133. The lowest BCUT2D eigenvalue weighted by atomic mass is 10.1. The third-order valence-corrected chi connectivity index (χ3v) is 5.11. The van der Waals surface area contributed by atoms with E-state index >= 15 is 0 Å². The van der Waals surface area contributed by atoms with Crippen LogP contribution in [0.2, 0.25) is 0 Å². The second kappa shape index (κ2) is 7.99. The molecular weight excluding hydrogens is 334 g/mol. The molecule has 136 valence electrons. The van der Waals surface area contributed by atoms with Crippen LogP contribution in [0.5, 0.6) is 0 Å². The van der Waals surface area contributed by atoms with Gasteiger partial charge in [0, 0.05) is 12.1 Å². The van der Waals surface area contributed by atoms with E-state index in [1.165, 1.54) is 11.8 Å². The number of hydrogen-bond acceptors (Lipinski definition) is 5. The highest BCUT2D eigenvalue weighted by Crippen LogP contribution is 2.27. The van der Waals surface area contributed by atoms with Crippen molar-refractivity contribution in [3.63, 3.8) is 0 Å². The first kappa shape index (κ1) is 19.4. The lowest BCUT2D eigenvalue weighted by Crippen LogP contribution is -2.45. The Morgan fingerprint density at radius 2 is 1.64 bits per heavy atom. The molecule has 0 radical (unpaired) electrons. The van der Waals surface area contributed by atoms with Crippen LogP contribution in [0.1, 0.15) is 45.7 Å². The van der Waals surface area contributed by atoms with E-state index in [2.05, 4.69) is 15.5 Å². The number of nitrogens with zero attached hydrogens (tertiary/aromatic N) is 5. The molecule has 1 aromatic carbocycles. The van der Waals surface area contributed by atoms with Crippen molar-refractivity contribution in [3.8, 4) is 5.69 Å². The molecule has 6 nitrogen and oxygen atoms in total. The Morgan fingerprint density at radius 3 is 2.16 bits per heavy atom. The number of hydrogen-bond donors (Lipinski definition) is 0. The highest BCUT2D eigenvalue weighted by Gasteiger charge is 2.27. The summed E-state index contributed by atoms with van der Waals surface area (Å²) in [6.07, 6.45) is 0. The normalized spacial score (nSPS) is 12.7. The number of thioether (sulfide) groups is 1. The van der Waals surface area contributed by atoms with Gasteiger partial charge in [-0.25, -0.2) is 0 Å². The van der Waals surface area contributed by atoms with Crippen LogP contribution in [0.25, 0.3) is 5.69 Å². The summed E-state index contributed by atoms with van der Waals surface area (Å²) in [6.45, 7) is 14.1.